The van der Waals surface area contributed by atoms with Crippen molar-refractivity contribution >= 4 is 28.1 Å². The van der Waals surface area contributed by atoms with Gasteiger partial charge in [-0.1, -0.05) is 6.07 Å². The second-order valence-corrected chi connectivity index (χ2v) is 8.53. The first-order chi connectivity index (χ1) is 14.7. The van der Waals surface area contributed by atoms with Gasteiger partial charge in [-0.05, 0) is 49.7 Å². The number of hydrogen-bond donors (Lipinski definition) is 0. The number of alkyl halides is 3. The Morgan fingerprint density at radius 2 is 2.10 bits per heavy atom. The molecule has 4 rings (SSSR count). The predicted octanol–water partition coefficient (Wildman–Crippen LogP) is 5.52. The van der Waals surface area contributed by atoms with Crippen LogP contribution in [0.4, 0.5) is 24.0 Å². The molecule has 5 nitrogen and oxygen atoms in total. The number of halogens is 3. The average Bonchev–Trinajstić information content (AvgIpc) is 3.43. The van der Waals surface area contributed by atoms with Crippen LogP contribution in [0.3, 0.4) is 0 Å². The Balaban J connectivity index is 1.57. The number of rotatable bonds is 5. The summed E-state index contributed by atoms with van der Waals surface area (Å²) < 4.78 is 41.5. The minimum Gasteiger partial charge on any atom is -0.353 e. The van der Waals surface area contributed by atoms with Crippen LogP contribution >= 0.6 is 11.3 Å². The first kappa shape index (κ1) is 21.6. The third kappa shape index (κ3) is 4.52. The van der Waals surface area contributed by atoms with Gasteiger partial charge >= 0.3 is 6.18 Å². The molecule has 1 amide bonds. The number of likely N-dealkylation sites (tertiary alicyclic amines) is 1. The Bertz CT molecular complexity index is 1070. The maximum Gasteiger partial charge on any atom is 0.416 e. The van der Waals surface area contributed by atoms with Crippen molar-refractivity contribution in [2.45, 2.75) is 38.5 Å². The van der Waals surface area contributed by atoms with Crippen molar-refractivity contribution in [3.63, 3.8) is 0 Å². The second kappa shape index (κ2) is 8.47. The van der Waals surface area contributed by atoms with Crippen molar-refractivity contribution in [1.29, 1.82) is 0 Å². The number of benzene rings is 1. The van der Waals surface area contributed by atoms with Gasteiger partial charge in [0.2, 0.25) is 5.91 Å². The molecule has 3 heterocycles. The van der Waals surface area contributed by atoms with Gasteiger partial charge in [-0.15, -0.1) is 11.3 Å². The zero-order chi connectivity index (χ0) is 22.2. The zero-order valence-electron chi connectivity index (χ0n) is 17.3. The molecule has 0 N–H and O–H groups in total. The second-order valence-electron chi connectivity index (χ2n) is 7.70. The van der Waals surface area contributed by atoms with Crippen molar-refractivity contribution in [2.24, 2.45) is 7.05 Å². The Kier molecular flexibility index (Phi) is 5.90. The predicted molar refractivity (Wildman–Crippen MR) is 114 cm³/mol. The van der Waals surface area contributed by atoms with Gasteiger partial charge in [-0.2, -0.15) is 13.2 Å². The Hall–Kier alpha value is -2.65. The van der Waals surface area contributed by atoms with Gasteiger partial charge in [-0.3, -0.25) is 14.6 Å². The van der Waals surface area contributed by atoms with Gasteiger partial charge < -0.3 is 4.57 Å². The van der Waals surface area contributed by atoms with E-state index in [1.807, 2.05) is 24.7 Å². The van der Waals surface area contributed by atoms with E-state index in [0.29, 0.717) is 17.7 Å². The topological polar surface area (TPSA) is 41.4 Å². The molecule has 31 heavy (non-hydrogen) atoms. The Morgan fingerprint density at radius 3 is 2.77 bits per heavy atom. The molecule has 0 bridgehead atoms. The number of thiazole rings is 1. The summed E-state index contributed by atoms with van der Waals surface area (Å²) in [5.41, 5.74) is 1.42. The van der Waals surface area contributed by atoms with Crippen LogP contribution in [0.1, 0.15) is 42.8 Å². The largest absolute Gasteiger partial charge is 0.416 e. The fourth-order valence-electron chi connectivity index (χ4n) is 4.10. The van der Waals surface area contributed by atoms with Crippen molar-refractivity contribution in [3.8, 4) is 0 Å². The fourth-order valence-corrected chi connectivity index (χ4v) is 4.98. The third-order valence-corrected chi connectivity index (χ3v) is 6.41. The van der Waals surface area contributed by atoms with E-state index in [4.69, 9.17) is 0 Å². The highest BCUT2D eigenvalue weighted by atomic mass is 32.1. The minimum atomic E-state index is -4.48. The molecule has 1 atom stereocenters. The Labute approximate surface area is 182 Å². The summed E-state index contributed by atoms with van der Waals surface area (Å²) in [6.07, 6.45) is -0.282. The number of nitrogens with zero attached hydrogens (tertiary/aromatic N) is 4. The lowest BCUT2D eigenvalue weighted by atomic mass is 10.1. The van der Waals surface area contributed by atoms with Gasteiger partial charge in [0.15, 0.2) is 5.13 Å². The summed E-state index contributed by atoms with van der Waals surface area (Å²) >= 11 is 1.26. The summed E-state index contributed by atoms with van der Waals surface area (Å²) in [6, 6.07) is 9.23. The number of hydrogen-bond acceptors (Lipinski definition) is 4. The average molecular weight is 449 g/mol. The molecule has 1 aliphatic rings. The normalized spacial score (nSPS) is 17.3. The number of aryl methyl sites for hydroxylation is 1. The molecule has 1 fully saturated rings. The molecule has 2 aromatic heterocycles. The molecule has 0 spiro atoms. The highest BCUT2D eigenvalue weighted by Gasteiger charge is 2.32. The summed E-state index contributed by atoms with van der Waals surface area (Å²) in [7, 11) is 2.03. The molecule has 9 heteroatoms. The van der Waals surface area contributed by atoms with Crippen molar-refractivity contribution in [2.75, 3.05) is 11.4 Å². The summed E-state index contributed by atoms with van der Waals surface area (Å²) in [5.74, 6) is -0.386. The number of carbonyl (C=O) groups is 1. The summed E-state index contributed by atoms with van der Waals surface area (Å²) in [6.45, 7) is 2.90. The quantitative estimate of drug-likeness (QED) is 0.516. The van der Waals surface area contributed by atoms with Gasteiger partial charge in [0.1, 0.15) is 0 Å². The van der Waals surface area contributed by atoms with Crippen LogP contribution in [0.5, 0.6) is 0 Å². The lowest BCUT2D eigenvalue weighted by Crippen LogP contribution is -2.25. The van der Waals surface area contributed by atoms with Crippen molar-refractivity contribution in [3.05, 3.63) is 64.9 Å². The zero-order valence-corrected chi connectivity index (χ0v) is 18.1. The number of anilines is 2. The van der Waals surface area contributed by atoms with E-state index < -0.39 is 11.7 Å². The van der Waals surface area contributed by atoms with Crippen LogP contribution < -0.4 is 4.90 Å². The van der Waals surface area contributed by atoms with Gasteiger partial charge in [0.25, 0.3) is 0 Å². The van der Waals surface area contributed by atoms with E-state index in [9.17, 15) is 18.0 Å². The van der Waals surface area contributed by atoms with Crippen LogP contribution in [0, 0.1) is 0 Å². The molecular weight excluding hydrogens is 425 g/mol. The minimum absolute atomic E-state index is 0.158. The van der Waals surface area contributed by atoms with Gasteiger partial charge in [0.05, 0.1) is 23.0 Å². The molecule has 1 unspecified atom stereocenters. The first-order valence-electron chi connectivity index (χ1n) is 10.0. The fraction of sp³-hybridized carbons (Fsp3) is 0.364. The van der Waals surface area contributed by atoms with Crippen LogP contribution in [-0.4, -0.2) is 26.9 Å². The van der Waals surface area contributed by atoms with E-state index in [0.717, 1.165) is 37.2 Å². The molecule has 1 saturated heterocycles. The van der Waals surface area contributed by atoms with E-state index >= 15 is 0 Å². The smallest absolute Gasteiger partial charge is 0.353 e. The summed E-state index contributed by atoms with van der Waals surface area (Å²) in [4.78, 5) is 20.5. The van der Waals surface area contributed by atoms with Gasteiger partial charge in [0, 0.05) is 37.8 Å². The SMILES string of the molecule is CC(=O)N(c1cccc(C(F)(F)F)c1)c1nc(CN2CCCC2c2cccn2C)cs1. The molecule has 3 aromatic rings. The van der Waals surface area contributed by atoms with Crippen LogP contribution in [0.15, 0.2) is 48.0 Å². The van der Waals surface area contributed by atoms with E-state index in [1.54, 1.807) is 0 Å². The molecule has 164 valence electrons. The van der Waals surface area contributed by atoms with Crippen LogP contribution in [0.25, 0.3) is 0 Å². The number of carbonyl (C=O) groups excluding carboxylic acids is 1. The lowest BCUT2D eigenvalue weighted by molar-refractivity contribution is -0.137. The van der Waals surface area contributed by atoms with E-state index in [-0.39, 0.29) is 11.6 Å². The van der Waals surface area contributed by atoms with E-state index in [2.05, 4.69) is 20.5 Å². The number of amides is 1. The van der Waals surface area contributed by atoms with Crippen LogP contribution in [0.2, 0.25) is 0 Å². The Morgan fingerprint density at radius 1 is 1.29 bits per heavy atom. The molecular formula is C22H23F3N4OS. The molecule has 1 aromatic carbocycles. The third-order valence-electron chi connectivity index (χ3n) is 5.53. The monoisotopic (exact) mass is 448 g/mol. The van der Waals surface area contributed by atoms with Crippen molar-refractivity contribution < 1.29 is 18.0 Å². The molecule has 0 saturated carbocycles. The highest BCUT2D eigenvalue weighted by molar-refractivity contribution is 7.14. The highest BCUT2D eigenvalue weighted by Crippen LogP contribution is 2.36. The van der Waals surface area contributed by atoms with E-state index in [1.165, 1.54) is 41.0 Å². The van der Waals surface area contributed by atoms with Crippen LogP contribution in [-0.2, 0) is 24.6 Å². The standard InChI is InChI=1S/C22H23F3N4OS/c1-15(30)29(18-7-3-6-16(12-18)22(23,24)25)21-26-17(14-31-21)13-28-11-5-9-20(28)19-8-4-10-27(19)2/h3-4,6-8,10,12,14,20H,5,9,11,13H2,1-2H3. The summed E-state index contributed by atoms with van der Waals surface area (Å²) in [5, 5.41) is 2.25. The first-order valence-corrected chi connectivity index (χ1v) is 10.9. The number of aromatic nitrogens is 2. The maximum absolute atomic E-state index is 13.1. The molecule has 0 aliphatic carbocycles. The van der Waals surface area contributed by atoms with Gasteiger partial charge in [-0.25, -0.2) is 4.98 Å². The van der Waals surface area contributed by atoms with Crippen molar-refractivity contribution in [1.82, 2.24) is 14.5 Å². The molecule has 1 aliphatic heterocycles. The maximum atomic E-state index is 13.1. The lowest BCUT2D eigenvalue weighted by Gasteiger charge is -2.24. The molecule has 0 radical (unpaired) electrons.